The third kappa shape index (κ3) is 1.80. The summed E-state index contributed by atoms with van der Waals surface area (Å²) in [5.74, 6) is -1.10. The number of carboxylic acid groups (broad SMARTS) is 1. The Labute approximate surface area is 117 Å². The lowest BCUT2D eigenvalue weighted by Crippen LogP contribution is -2.00. The van der Waals surface area contributed by atoms with Gasteiger partial charge in [-0.15, -0.1) is 11.3 Å². The summed E-state index contributed by atoms with van der Waals surface area (Å²) in [6, 6.07) is 3.82. The summed E-state index contributed by atoms with van der Waals surface area (Å²) in [5, 5.41) is 16.2. The van der Waals surface area contributed by atoms with Crippen LogP contribution in [0.15, 0.2) is 23.7 Å². The first kappa shape index (κ1) is 12.1. The van der Waals surface area contributed by atoms with Gasteiger partial charge in [-0.1, -0.05) is 17.7 Å². The highest BCUT2D eigenvalue weighted by molar-refractivity contribution is 7.13. The van der Waals surface area contributed by atoms with Crippen molar-refractivity contribution < 1.29 is 9.90 Å². The van der Waals surface area contributed by atoms with Gasteiger partial charge in [0.15, 0.2) is 5.65 Å². The predicted molar refractivity (Wildman–Crippen MR) is 73.8 cm³/mol. The van der Waals surface area contributed by atoms with Crippen LogP contribution >= 0.6 is 22.9 Å². The van der Waals surface area contributed by atoms with E-state index in [0.717, 1.165) is 4.88 Å². The molecule has 0 atom stereocenters. The standard InChI is InChI=1S/C12H8ClN3O2S/c1-16-11-8(9(13)6(5-14-11)12(17)18)10(15-16)7-3-2-4-19-7/h2-5H,1H3,(H,17,18). The van der Waals surface area contributed by atoms with Crippen LogP contribution in [0.2, 0.25) is 5.02 Å². The number of carbonyl (C=O) groups is 1. The molecule has 19 heavy (non-hydrogen) atoms. The average Bonchev–Trinajstić information content (AvgIpc) is 2.97. The van der Waals surface area contributed by atoms with Gasteiger partial charge in [0.1, 0.15) is 5.69 Å². The number of aromatic carboxylic acids is 1. The molecule has 0 aliphatic heterocycles. The van der Waals surface area contributed by atoms with E-state index in [-0.39, 0.29) is 10.6 Å². The van der Waals surface area contributed by atoms with Crippen molar-refractivity contribution in [2.24, 2.45) is 7.05 Å². The Morgan fingerprint density at radius 2 is 2.32 bits per heavy atom. The molecular weight excluding hydrogens is 286 g/mol. The number of hydrogen-bond donors (Lipinski definition) is 1. The SMILES string of the molecule is Cn1nc(-c2cccs2)c2c(Cl)c(C(=O)O)cnc21. The maximum atomic E-state index is 11.1. The number of carboxylic acids is 1. The zero-order chi connectivity index (χ0) is 13.6. The molecule has 3 aromatic heterocycles. The van der Waals surface area contributed by atoms with E-state index in [1.54, 1.807) is 11.7 Å². The van der Waals surface area contributed by atoms with Gasteiger partial charge >= 0.3 is 5.97 Å². The minimum Gasteiger partial charge on any atom is -0.478 e. The summed E-state index contributed by atoms with van der Waals surface area (Å²) in [4.78, 5) is 16.2. The molecule has 7 heteroatoms. The summed E-state index contributed by atoms with van der Waals surface area (Å²) < 4.78 is 1.60. The van der Waals surface area contributed by atoms with Crippen molar-refractivity contribution in [3.63, 3.8) is 0 Å². The normalized spacial score (nSPS) is 11.1. The largest absolute Gasteiger partial charge is 0.478 e. The van der Waals surface area contributed by atoms with Crippen LogP contribution in [-0.4, -0.2) is 25.8 Å². The van der Waals surface area contributed by atoms with Crippen molar-refractivity contribution in [1.29, 1.82) is 0 Å². The number of thiophene rings is 1. The zero-order valence-electron chi connectivity index (χ0n) is 9.79. The van der Waals surface area contributed by atoms with E-state index in [1.165, 1.54) is 17.5 Å². The second kappa shape index (κ2) is 4.32. The highest BCUT2D eigenvalue weighted by atomic mass is 35.5. The molecule has 3 heterocycles. The van der Waals surface area contributed by atoms with Crippen LogP contribution in [0.3, 0.4) is 0 Å². The maximum absolute atomic E-state index is 11.1. The first-order valence-corrected chi connectivity index (χ1v) is 6.63. The average molecular weight is 294 g/mol. The van der Waals surface area contributed by atoms with Crippen LogP contribution in [0.25, 0.3) is 21.6 Å². The first-order chi connectivity index (χ1) is 9.09. The van der Waals surface area contributed by atoms with Gasteiger partial charge in [0.25, 0.3) is 0 Å². The fourth-order valence-electron chi connectivity index (χ4n) is 1.92. The number of rotatable bonds is 2. The molecule has 0 aliphatic carbocycles. The molecule has 96 valence electrons. The molecule has 0 saturated heterocycles. The van der Waals surface area contributed by atoms with Crippen LogP contribution in [0.4, 0.5) is 0 Å². The molecule has 3 aromatic rings. The molecular formula is C12H8ClN3O2S. The molecule has 0 bridgehead atoms. The van der Waals surface area contributed by atoms with Crippen LogP contribution in [0, 0.1) is 0 Å². The Kier molecular flexibility index (Phi) is 2.76. The zero-order valence-corrected chi connectivity index (χ0v) is 11.4. The van der Waals surface area contributed by atoms with Gasteiger partial charge < -0.3 is 5.11 Å². The molecule has 0 fully saturated rings. The van der Waals surface area contributed by atoms with Gasteiger partial charge in [-0.25, -0.2) is 14.5 Å². The van der Waals surface area contributed by atoms with E-state index in [1.807, 2.05) is 17.5 Å². The third-order valence-corrected chi connectivity index (χ3v) is 4.04. The van der Waals surface area contributed by atoms with E-state index in [4.69, 9.17) is 16.7 Å². The number of aromatic nitrogens is 3. The summed E-state index contributed by atoms with van der Waals surface area (Å²) in [5.41, 5.74) is 1.21. The molecule has 0 unspecified atom stereocenters. The van der Waals surface area contributed by atoms with Crippen molar-refractivity contribution in [1.82, 2.24) is 14.8 Å². The van der Waals surface area contributed by atoms with E-state index in [2.05, 4.69) is 10.1 Å². The van der Waals surface area contributed by atoms with Crippen LogP contribution in [-0.2, 0) is 7.05 Å². The lowest BCUT2D eigenvalue weighted by molar-refractivity contribution is 0.0697. The monoisotopic (exact) mass is 293 g/mol. The van der Waals surface area contributed by atoms with Crippen LogP contribution in [0.1, 0.15) is 10.4 Å². The molecule has 3 rings (SSSR count). The Balaban J connectivity index is 2.41. The van der Waals surface area contributed by atoms with Gasteiger partial charge in [-0.3, -0.25) is 0 Å². The summed E-state index contributed by atoms with van der Waals surface area (Å²) in [7, 11) is 1.75. The number of aryl methyl sites for hydroxylation is 1. The summed E-state index contributed by atoms with van der Waals surface area (Å²) in [6.07, 6.45) is 1.26. The minimum absolute atomic E-state index is 0.0139. The number of hydrogen-bond acceptors (Lipinski definition) is 4. The molecule has 0 amide bonds. The Morgan fingerprint density at radius 3 is 2.95 bits per heavy atom. The Hall–Kier alpha value is -1.92. The number of pyridine rings is 1. The molecule has 0 saturated carbocycles. The van der Waals surface area contributed by atoms with Gasteiger partial charge in [0, 0.05) is 13.2 Å². The molecule has 5 nitrogen and oxygen atoms in total. The topological polar surface area (TPSA) is 68.0 Å². The van der Waals surface area contributed by atoms with Crippen LogP contribution in [0.5, 0.6) is 0 Å². The number of nitrogens with zero attached hydrogens (tertiary/aromatic N) is 3. The van der Waals surface area contributed by atoms with Crippen molar-refractivity contribution >= 4 is 39.9 Å². The smallest absolute Gasteiger partial charge is 0.338 e. The van der Waals surface area contributed by atoms with E-state index >= 15 is 0 Å². The Morgan fingerprint density at radius 1 is 1.53 bits per heavy atom. The lowest BCUT2D eigenvalue weighted by atomic mass is 10.2. The van der Waals surface area contributed by atoms with E-state index < -0.39 is 5.97 Å². The highest BCUT2D eigenvalue weighted by Gasteiger charge is 2.20. The second-order valence-electron chi connectivity index (χ2n) is 3.94. The molecule has 0 radical (unpaired) electrons. The fraction of sp³-hybridized carbons (Fsp3) is 0.0833. The quantitative estimate of drug-likeness (QED) is 0.788. The Bertz CT molecular complexity index is 780. The van der Waals surface area contributed by atoms with Gasteiger partial charge in [-0.05, 0) is 11.4 Å². The van der Waals surface area contributed by atoms with Gasteiger partial charge in [0.05, 0.1) is 20.8 Å². The van der Waals surface area contributed by atoms with Crippen molar-refractivity contribution in [2.45, 2.75) is 0 Å². The molecule has 0 aliphatic rings. The van der Waals surface area contributed by atoms with E-state index in [0.29, 0.717) is 16.7 Å². The maximum Gasteiger partial charge on any atom is 0.338 e. The lowest BCUT2D eigenvalue weighted by Gasteiger charge is -2.01. The molecule has 0 spiro atoms. The third-order valence-electron chi connectivity index (χ3n) is 2.77. The van der Waals surface area contributed by atoms with Gasteiger partial charge in [-0.2, -0.15) is 5.10 Å². The minimum atomic E-state index is -1.10. The highest BCUT2D eigenvalue weighted by Crippen LogP contribution is 2.35. The predicted octanol–water partition coefficient (Wildman–Crippen LogP) is 3.05. The second-order valence-corrected chi connectivity index (χ2v) is 5.26. The first-order valence-electron chi connectivity index (χ1n) is 5.38. The van der Waals surface area contributed by atoms with Crippen molar-refractivity contribution in [3.05, 3.63) is 34.3 Å². The number of fused-ring (bicyclic) bond motifs is 1. The van der Waals surface area contributed by atoms with E-state index in [9.17, 15) is 4.79 Å². The summed E-state index contributed by atoms with van der Waals surface area (Å²) in [6.45, 7) is 0. The van der Waals surface area contributed by atoms with Gasteiger partial charge in [0.2, 0.25) is 0 Å². The van der Waals surface area contributed by atoms with Crippen molar-refractivity contribution in [3.8, 4) is 10.6 Å². The molecule has 1 N–H and O–H groups in total. The number of halogens is 1. The molecule has 0 aromatic carbocycles. The summed E-state index contributed by atoms with van der Waals surface area (Å²) >= 11 is 7.72. The van der Waals surface area contributed by atoms with Crippen molar-refractivity contribution in [2.75, 3.05) is 0 Å². The fourth-order valence-corrected chi connectivity index (χ4v) is 2.94. The van der Waals surface area contributed by atoms with Crippen LogP contribution < -0.4 is 0 Å².